The van der Waals surface area contributed by atoms with Gasteiger partial charge in [-0.05, 0) is 83.7 Å². The highest BCUT2D eigenvalue weighted by Crippen LogP contribution is 2.49. The van der Waals surface area contributed by atoms with Crippen molar-refractivity contribution in [1.82, 2.24) is 4.90 Å². The lowest BCUT2D eigenvalue weighted by atomic mass is 9.63. The molecule has 2 heteroatoms. The monoisotopic (exact) mass is 431 g/mol. The number of piperidine rings is 1. The van der Waals surface area contributed by atoms with Crippen molar-refractivity contribution in [2.24, 2.45) is 11.3 Å². The summed E-state index contributed by atoms with van der Waals surface area (Å²) >= 11 is 0. The fraction of sp³-hybridized carbons (Fsp3) is 0.533. The summed E-state index contributed by atoms with van der Waals surface area (Å²) in [6.45, 7) is 14.5. The van der Waals surface area contributed by atoms with Gasteiger partial charge in [-0.25, -0.2) is 0 Å². The minimum Gasteiger partial charge on any atom is -0.384 e. The lowest BCUT2D eigenvalue weighted by Crippen LogP contribution is -2.43. The van der Waals surface area contributed by atoms with Gasteiger partial charge in [0, 0.05) is 31.8 Å². The summed E-state index contributed by atoms with van der Waals surface area (Å²) < 4.78 is 5.62. The van der Waals surface area contributed by atoms with Crippen LogP contribution in [0.3, 0.4) is 0 Å². The van der Waals surface area contributed by atoms with E-state index in [0.717, 1.165) is 32.5 Å². The molecule has 1 atom stereocenters. The molecule has 32 heavy (non-hydrogen) atoms. The highest BCUT2D eigenvalue weighted by Gasteiger charge is 2.41. The van der Waals surface area contributed by atoms with Crippen LogP contribution in [0.4, 0.5) is 0 Å². The third-order valence-electron chi connectivity index (χ3n) is 7.86. The van der Waals surface area contributed by atoms with Gasteiger partial charge in [-0.3, -0.25) is 0 Å². The maximum Gasteiger partial charge on any atom is 0.0531 e. The molecule has 0 saturated carbocycles. The zero-order valence-corrected chi connectivity index (χ0v) is 20.6. The Bertz CT molecular complexity index is 936. The second-order valence-electron chi connectivity index (χ2n) is 10.6. The van der Waals surface area contributed by atoms with Crippen LogP contribution in [0, 0.1) is 11.3 Å². The molecule has 1 aliphatic heterocycles. The number of rotatable bonds is 7. The summed E-state index contributed by atoms with van der Waals surface area (Å²) in [6, 6.07) is 16.1. The molecule has 1 heterocycles. The van der Waals surface area contributed by atoms with E-state index in [9.17, 15) is 0 Å². The standard InChI is InChI=1S/C30H41NO/c1-6-24-18-25(11-12-26(24)17-22(2)3)23(4)31-15-13-30(14-16-31)19-27-9-7-8-10-29(27)28(20-30)21-32-5/h7-12,18,22,28H,4,6,13-17,19-21H2,1-3,5H3. The third kappa shape index (κ3) is 4.81. The molecule has 2 aromatic carbocycles. The second-order valence-corrected chi connectivity index (χ2v) is 10.6. The Morgan fingerprint density at radius 3 is 2.56 bits per heavy atom. The van der Waals surface area contributed by atoms with Crippen LogP contribution in [0.15, 0.2) is 49.0 Å². The van der Waals surface area contributed by atoms with E-state index in [0.29, 0.717) is 17.3 Å². The van der Waals surface area contributed by atoms with Gasteiger partial charge in [0.2, 0.25) is 0 Å². The van der Waals surface area contributed by atoms with Crippen LogP contribution in [0.25, 0.3) is 5.70 Å². The van der Waals surface area contributed by atoms with Crippen molar-refractivity contribution in [3.63, 3.8) is 0 Å². The topological polar surface area (TPSA) is 12.5 Å². The summed E-state index contributed by atoms with van der Waals surface area (Å²) in [5.74, 6) is 1.22. The number of nitrogens with zero attached hydrogens (tertiary/aromatic N) is 1. The largest absolute Gasteiger partial charge is 0.384 e. The normalized spacial score (nSPS) is 19.9. The average molecular weight is 432 g/mol. The van der Waals surface area contributed by atoms with Crippen molar-refractivity contribution in [2.45, 2.75) is 65.2 Å². The SMILES string of the molecule is C=C(c1ccc(CC(C)C)c(CC)c1)N1CCC2(CC1)Cc1ccccc1C(COC)C2. The number of aryl methyl sites for hydroxylation is 1. The Kier molecular flexibility index (Phi) is 7.10. The van der Waals surface area contributed by atoms with Crippen molar-refractivity contribution < 1.29 is 4.74 Å². The fourth-order valence-corrected chi connectivity index (χ4v) is 6.14. The maximum atomic E-state index is 5.62. The van der Waals surface area contributed by atoms with Gasteiger partial charge in [-0.15, -0.1) is 0 Å². The van der Waals surface area contributed by atoms with Gasteiger partial charge in [-0.2, -0.15) is 0 Å². The molecule has 0 bridgehead atoms. The Balaban J connectivity index is 1.46. The lowest BCUT2D eigenvalue weighted by Gasteiger charge is -2.48. The first-order valence-corrected chi connectivity index (χ1v) is 12.6. The molecule has 2 aromatic rings. The summed E-state index contributed by atoms with van der Waals surface area (Å²) in [5, 5.41) is 0. The molecule has 4 rings (SSSR count). The van der Waals surface area contributed by atoms with Crippen LogP contribution >= 0.6 is 0 Å². The van der Waals surface area contributed by atoms with E-state index in [-0.39, 0.29) is 0 Å². The van der Waals surface area contributed by atoms with Crippen molar-refractivity contribution in [1.29, 1.82) is 0 Å². The molecule has 1 spiro atoms. The van der Waals surface area contributed by atoms with Crippen molar-refractivity contribution in [2.75, 3.05) is 26.8 Å². The number of likely N-dealkylation sites (tertiary alicyclic amines) is 1. The van der Waals surface area contributed by atoms with Gasteiger partial charge < -0.3 is 9.64 Å². The van der Waals surface area contributed by atoms with Crippen LogP contribution in [0.5, 0.6) is 0 Å². The van der Waals surface area contributed by atoms with Gasteiger partial charge >= 0.3 is 0 Å². The molecule has 0 aromatic heterocycles. The van der Waals surface area contributed by atoms with E-state index in [1.807, 2.05) is 7.11 Å². The molecule has 1 aliphatic carbocycles. The van der Waals surface area contributed by atoms with Crippen LogP contribution < -0.4 is 0 Å². The summed E-state index contributed by atoms with van der Waals surface area (Å²) in [4.78, 5) is 2.54. The van der Waals surface area contributed by atoms with E-state index in [1.165, 1.54) is 53.6 Å². The molecule has 0 N–H and O–H groups in total. The zero-order valence-electron chi connectivity index (χ0n) is 20.6. The number of hydrogen-bond acceptors (Lipinski definition) is 2. The van der Waals surface area contributed by atoms with Gasteiger partial charge in [0.1, 0.15) is 0 Å². The van der Waals surface area contributed by atoms with Crippen LogP contribution in [-0.4, -0.2) is 31.7 Å². The average Bonchev–Trinajstić information content (AvgIpc) is 2.79. The van der Waals surface area contributed by atoms with E-state index in [4.69, 9.17) is 4.74 Å². The highest BCUT2D eigenvalue weighted by atomic mass is 16.5. The molecule has 2 nitrogen and oxygen atoms in total. The fourth-order valence-electron chi connectivity index (χ4n) is 6.14. The lowest BCUT2D eigenvalue weighted by molar-refractivity contribution is 0.0846. The van der Waals surface area contributed by atoms with Crippen LogP contribution in [0.1, 0.15) is 73.8 Å². The van der Waals surface area contributed by atoms with Crippen molar-refractivity contribution >= 4 is 5.70 Å². The minimum atomic E-state index is 0.407. The quantitative estimate of drug-likeness (QED) is 0.474. The molecule has 2 aliphatic rings. The third-order valence-corrected chi connectivity index (χ3v) is 7.86. The zero-order chi connectivity index (χ0) is 22.7. The Labute approximate surface area is 195 Å². The first-order valence-electron chi connectivity index (χ1n) is 12.6. The Morgan fingerprint density at radius 2 is 1.88 bits per heavy atom. The van der Waals surface area contributed by atoms with Crippen molar-refractivity contribution in [3.8, 4) is 0 Å². The molecule has 0 radical (unpaired) electrons. The molecular formula is C30H41NO. The smallest absolute Gasteiger partial charge is 0.0531 e. The summed E-state index contributed by atoms with van der Waals surface area (Å²) in [6.07, 6.45) is 7.20. The number of ether oxygens (including phenoxy) is 1. The van der Waals surface area contributed by atoms with Gasteiger partial charge in [0.05, 0.1) is 6.61 Å². The number of methoxy groups -OCH3 is 1. The minimum absolute atomic E-state index is 0.407. The number of fused-ring (bicyclic) bond motifs is 1. The maximum absolute atomic E-state index is 5.62. The second kappa shape index (κ2) is 9.83. The van der Waals surface area contributed by atoms with Crippen LogP contribution in [0.2, 0.25) is 0 Å². The predicted octanol–water partition coefficient (Wildman–Crippen LogP) is 6.88. The molecule has 1 unspecified atom stereocenters. The van der Waals surface area contributed by atoms with Crippen molar-refractivity contribution in [3.05, 3.63) is 76.9 Å². The molecule has 172 valence electrons. The van der Waals surface area contributed by atoms with E-state index in [1.54, 1.807) is 5.56 Å². The number of hydrogen-bond donors (Lipinski definition) is 0. The summed E-state index contributed by atoms with van der Waals surface area (Å²) in [5.41, 5.74) is 8.96. The number of benzene rings is 2. The predicted molar refractivity (Wildman–Crippen MR) is 136 cm³/mol. The highest BCUT2D eigenvalue weighted by molar-refractivity contribution is 5.63. The molecule has 1 saturated heterocycles. The first-order chi connectivity index (χ1) is 15.4. The van der Waals surface area contributed by atoms with Gasteiger partial charge in [0.15, 0.2) is 0 Å². The van der Waals surface area contributed by atoms with Crippen LogP contribution in [-0.2, 0) is 24.0 Å². The molecule has 1 fully saturated rings. The molecule has 0 amide bonds. The Morgan fingerprint density at radius 1 is 1.12 bits per heavy atom. The first kappa shape index (κ1) is 23.1. The van der Waals surface area contributed by atoms with Gasteiger partial charge in [0.25, 0.3) is 0 Å². The summed E-state index contributed by atoms with van der Waals surface area (Å²) in [7, 11) is 1.84. The van der Waals surface area contributed by atoms with E-state index < -0.39 is 0 Å². The Hall–Kier alpha value is -2.06. The van der Waals surface area contributed by atoms with Gasteiger partial charge in [-0.1, -0.05) is 63.7 Å². The molecular weight excluding hydrogens is 390 g/mol. The van der Waals surface area contributed by atoms with E-state index in [2.05, 4.69) is 74.7 Å². The van der Waals surface area contributed by atoms with E-state index >= 15 is 0 Å².